The van der Waals surface area contributed by atoms with E-state index in [0.717, 1.165) is 0 Å². The van der Waals surface area contributed by atoms with Gasteiger partial charge in [-0.15, -0.1) is 23.3 Å². The van der Waals surface area contributed by atoms with Crippen LogP contribution >= 0.6 is 23.3 Å². The van der Waals surface area contributed by atoms with Crippen LogP contribution in [0.15, 0.2) is 0 Å². The average Bonchev–Trinajstić information content (AvgIpc) is 1.91. The second-order valence-electron chi connectivity index (χ2n) is 1.02. The SMILES string of the molecule is OCC(O)CO.SS. The van der Waals surface area contributed by atoms with E-state index in [4.69, 9.17) is 15.3 Å². The Bertz CT molecular complexity index is 31.7. The summed E-state index contributed by atoms with van der Waals surface area (Å²) in [4.78, 5) is 0. The summed E-state index contributed by atoms with van der Waals surface area (Å²) in [5.41, 5.74) is 0. The van der Waals surface area contributed by atoms with Crippen molar-refractivity contribution < 1.29 is 15.3 Å². The maximum Gasteiger partial charge on any atom is 0.100 e. The molecule has 0 saturated carbocycles. The van der Waals surface area contributed by atoms with Crippen LogP contribution in [0.3, 0.4) is 0 Å². The van der Waals surface area contributed by atoms with Gasteiger partial charge in [0.05, 0.1) is 13.2 Å². The van der Waals surface area contributed by atoms with Gasteiger partial charge in [0.25, 0.3) is 0 Å². The van der Waals surface area contributed by atoms with E-state index in [1.165, 1.54) is 0 Å². The Balaban J connectivity index is 0. The Labute approximate surface area is 58.6 Å². The maximum absolute atomic E-state index is 8.17. The summed E-state index contributed by atoms with van der Waals surface area (Å²) in [6, 6.07) is 0. The molecular formula is C3H10O3S2. The minimum absolute atomic E-state index is 0.365. The third kappa shape index (κ3) is 9.77. The van der Waals surface area contributed by atoms with E-state index in [1.807, 2.05) is 0 Å². The van der Waals surface area contributed by atoms with Crippen molar-refractivity contribution >= 4 is 23.3 Å². The Morgan fingerprint density at radius 2 is 1.38 bits per heavy atom. The molecule has 0 radical (unpaired) electrons. The van der Waals surface area contributed by atoms with Crippen LogP contribution in [0.5, 0.6) is 0 Å². The van der Waals surface area contributed by atoms with E-state index in [9.17, 15) is 0 Å². The highest BCUT2D eigenvalue weighted by Gasteiger charge is 1.93. The number of aliphatic hydroxyl groups excluding tert-OH is 3. The van der Waals surface area contributed by atoms with Gasteiger partial charge < -0.3 is 15.3 Å². The molecule has 0 aromatic rings. The zero-order valence-corrected chi connectivity index (χ0v) is 6.02. The highest BCUT2D eigenvalue weighted by atomic mass is 33.1. The number of thiol groups is 2. The third-order valence-electron chi connectivity index (χ3n) is 0.421. The van der Waals surface area contributed by atoms with Crippen molar-refractivity contribution in [1.29, 1.82) is 0 Å². The first-order valence-corrected chi connectivity index (χ1v) is 3.51. The molecule has 0 rings (SSSR count). The van der Waals surface area contributed by atoms with E-state index in [0.29, 0.717) is 0 Å². The Hall–Kier alpha value is 0.580. The lowest BCUT2D eigenvalue weighted by molar-refractivity contribution is 0.0450. The topological polar surface area (TPSA) is 60.7 Å². The molecule has 0 aromatic heterocycles. The van der Waals surface area contributed by atoms with Crippen LogP contribution in [-0.4, -0.2) is 34.6 Å². The molecule has 52 valence electrons. The quantitative estimate of drug-likeness (QED) is 0.267. The molecule has 3 N–H and O–H groups in total. The lowest BCUT2D eigenvalue weighted by Crippen LogP contribution is -2.15. The van der Waals surface area contributed by atoms with Crippen molar-refractivity contribution in [1.82, 2.24) is 0 Å². The first-order valence-electron chi connectivity index (χ1n) is 1.91. The number of hydrogen-bond acceptors (Lipinski definition) is 5. The van der Waals surface area contributed by atoms with Gasteiger partial charge in [-0.2, -0.15) is 0 Å². The van der Waals surface area contributed by atoms with Gasteiger partial charge in [-0.25, -0.2) is 0 Å². The van der Waals surface area contributed by atoms with Crippen LogP contribution < -0.4 is 0 Å². The van der Waals surface area contributed by atoms with E-state index in [1.54, 1.807) is 0 Å². The highest BCUT2D eigenvalue weighted by Crippen LogP contribution is 1.71. The molecule has 0 fully saturated rings. The lowest BCUT2D eigenvalue weighted by Gasteiger charge is -1.96. The van der Waals surface area contributed by atoms with Crippen LogP contribution in [0.25, 0.3) is 0 Å². The molecule has 0 aliphatic heterocycles. The number of aliphatic hydroxyl groups is 3. The average molecular weight is 158 g/mol. The second kappa shape index (κ2) is 10.5. The zero-order chi connectivity index (χ0) is 6.99. The fraction of sp³-hybridized carbons (Fsp3) is 1.00. The smallest absolute Gasteiger partial charge is 0.100 e. The predicted octanol–water partition coefficient (Wildman–Crippen LogP) is -0.907. The summed E-state index contributed by atoms with van der Waals surface area (Å²) in [5.74, 6) is 0. The second-order valence-corrected chi connectivity index (χ2v) is 1.02. The van der Waals surface area contributed by atoms with Crippen LogP contribution in [-0.2, 0) is 0 Å². The fourth-order valence-electron chi connectivity index (χ4n) is 0.0577. The van der Waals surface area contributed by atoms with Gasteiger partial charge in [0.1, 0.15) is 6.10 Å². The largest absolute Gasteiger partial charge is 0.394 e. The van der Waals surface area contributed by atoms with Crippen LogP contribution in [0, 0.1) is 0 Å². The molecule has 0 bridgehead atoms. The molecule has 0 aliphatic rings. The molecule has 0 spiro atoms. The normalized spacial score (nSPS) is 8.25. The summed E-state index contributed by atoms with van der Waals surface area (Å²) in [5, 5.41) is 24.0. The van der Waals surface area contributed by atoms with E-state index in [-0.39, 0.29) is 13.2 Å². The van der Waals surface area contributed by atoms with Crippen molar-refractivity contribution in [3.63, 3.8) is 0 Å². The zero-order valence-electron chi connectivity index (χ0n) is 4.23. The molecule has 0 aliphatic carbocycles. The van der Waals surface area contributed by atoms with Gasteiger partial charge in [-0.1, -0.05) is 0 Å². The number of rotatable bonds is 2. The monoisotopic (exact) mass is 158 g/mol. The molecule has 5 heteroatoms. The van der Waals surface area contributed by atoms with Gasteiger partial charge in [0, 0.05) is 0 Å². The van der Waals surface area contributed by atoms with Gasteiger partial charge in [-0.05, 0) is 0 Å². The minimum atomic E-state index is -0.954. The van der Waals surface area contributed by atoms with Crippen molar-refractivity contribution in [2.75, 3.05) is 13.2 Å². The maximum atomic E-state index is 8.17. The summed E-state index contributed by atoms with van der Waals surface area (Å²) >= 11 is 6.44. The molecule has 3 nitrogen and oxygen atoms in total. The molecule has 0 amide bonds. The Morgan fingerprint density at radius 1 is 1.12 bits per heavy atom. The van der Waals surface area contributed by atoms with Crippen molar-refractivity contribution in [2.45, 2.75) is 6.10 Å². The molecular weight excluding hydrogens is 148 g/mol. The lowest BCUT2D eigenvalue weighted by atomic mass is 10.4. The highest BCUT2D eigenvalue weighted by molar-refractivity contribution is 8.59. The summed E-state index contributed by atoms with van der Waals surface area (Å²) in [6.07, 6.45) is -0.954. The first-order chi connectivity index (χ1) is 3.81. The molecule has 0 atom stereocenters. The Morgan fingerprint density at radius 3 is 1.38 bits per heavy atom. The molecule has 0 heterocycles. The van der Waals surface area contributed by atoms with Crippen LogP contribution in [0.4, 0.5) is 0 Å². The van der Waals surface area contributed by atoms with Gasteiger partial charge in [0.15, 0.2) is 0 Å². The molecule has 0 unspecified atom stereocenters. The van der Waals surface area contributed by atoms with Crippen molar-refractivity contribution in [3.8, 4) is 0 Å². The minimum Gasteiger partial charge on any atom is -0.394 e. The van der Waals surface area contributed by atoms with Gasteiger partial charge in [0.2, 0.25) is 0 Å². The van der Waals surface area contributed by atoms with E-state index >= 15 is 0 Å². The third-order valence-corrected chi connectivity index (χ3v) is 0.421. The standard InChI is InChI=1S/C3H8O3.H2S2/c4-1-3(6)2-5;1-2/h3-6H,1-2H2;1-2H. The molecule has 0 aromatic carbocycles. The van der Waals surface area contributed by atoms with Gasteiger partial charge >= 0.3 is 0 Å². The first kappa shape index (κ1) is 11.4. The van der Waals surface area contributed by atoms with Crippen molar-refractivity contribution in [2.24, 2.45) is 0 Å². The molecule has 0 saturated heterocycles. The fourth-order valence-corrected chi connectivity index (χ4v) is 0.0577. The molecule has 8 heavy (non-hydrogen) atoms. The van der Waals surface area contributed by atoms with E-state index < -0.39 is 6.10 Å². The van der Waals surface area contributed by atoms with Crippen LogP contribution in [0.2, 0.25) is 0 Å². The predicted molar refractivity (Wildman–Crippen MR) is 38.2 cm³/mol. The number of hydrogen-bond donors (Lipinski definition) is 5. The van der Waals surface area contributed by atoms with E-state index in [2.05, 4.69) is 23.3 Å². The Kier molecular flexibility index (Phi) is 15.0. The van der Waals surface area contributed by atoms with Crippen LogP contribution in [0.1, 0.15) is 0 Å². The van der Waals surface area contributed by atoms with Gasteiger partial charge in [-0.3, -0.25) is 0 Å². The van der Waals surface area contributed by atoms with Crippen molar-refractivity contribution in [3.05, 3.63) is 0 Å². The summed E-state index contributed by atoms with van der Waals surface area (Å²) in [6.45, 7) is -0.729. The summed E-state index contributed by atoms with van der Waals surface area (Å²) in [7, 11) is 0. The summed E-state index contributed by atoms with van der Waals surface area (Å²) < 4.78 is 0.